The van der Waals surface area contributed by atoms with Gasteiger partial charge in [0.25, 0.3) is 0 Å². The van der Waals surface area contributed by atoms with Crippen LogP contribution in [0.3, 0.4) is 0 Å². The van der Waals surface area contributed by atoms with E-state index in [1.165, 1.54) is 6.08 Å². The summed E-state index contributed by atoms with van der Waals surface area (Å²) in [6.07, 6.45) is 6.83. The van der Waals surface area contributed by atoms with Gasteiger partial charge in [-0.3, -0.25) is 9.48 Å². The van der Waals surface area contributed by atoms with Crippen molar-refractivity contribution in [2.75, 3.05) is 0 Å². The molecule has 0 atom stereocenters. The van der Waals surface area contributed by atoms with Gasteiger partial charge in [-0.15, -0.1) is 0 Å². The average molecular weight is 276 g/mol. The molecule has 19 heavy (non-hydrogen) atoms. The first-order valence-corrected chi connectivity index (χ1v) is 6.20. The lowest BCUT2D eigenvalue weighted by Gasteiger charge is -1.99. The third kappa shape index (κ3) is 4.26. The SMILES string of the molecule is Cn1cc(CNC(=O)C=Cc2ccc(Cl)cc2)cn1. The average Bonchev–Trinajstić information content (AvgIpc) is 2.81. The van der Waals surface area contributed by atoms with Crippen LogP contribution in [-0.4, -0.2) is 15.7 Å². The Bertz CT molecular complexity index is 587. The van der Waals surface area contributed by atoms with Crippen LogP contribution >= 0.6 is 11.6 Å². The molecule has 4 nitrogen and oxygen atoms in total. The molecule has 0 saturated carbocycles. The Balaban J connectivity index is 1.85. The number of rotatable bonds is 4. The largest absolute Gasteiger partial charge is 0.348 e. The highest BCUT2D eigenvalue weighted by Crippen LogP contribution is 2.10. The molecule has 0 aliphatic heterocycles. The van der Waals surface area contributed by atoms with E-state index in [1.807, 2.05) is 25.4 Å². The van der Waals surface area contributed by atoms with Gasteiger partial charge < -0.3 is 5.32 Å². The van der Waals surface area contributed by atoms with Crippen LogP contribution in [0.5, 0.6) is 0 Å². The van der Waals surface area contributed by atoms with Crippen LogP contribution in [0, 0.1) is 0 Å². The zero-order chi connectivity index (χ0) is 13.7. The van der Waals surface area contributed by atoms with E-state index in [1.54, 1.807) is 29.1 Å². The normalized spacial score (nSPS) is 10.8. The summed E-state index contributed by atoms with van der Waals surface area (Å²) in [7, 11) is 1.84. The van der Waals surface area contributed by atoms with E-state index < -0.39 is 0 Å². The van der Waals surface area contributed by atoms with Crippen molar-refractivity contribution >= 4 is 23.6 Å². The van der Waals surface area contributed by atoms with Crippen molar-refractivity contribution in [2.45, 2.75) is 6.54 Å². The van der Waals surface area contributed by atoms with Crippen LogP contribution in [0.15, 0.2) is 42.7 Å². The first-order valence-electron chi connectivity index (χ1n) is 5.82. The number of aryl methyl sites for hydroxylation is 1. The number of nitrogens with zero attached hydrogens (tertiary/aromatic N) is 2. The lowest BCUT2D eigenvalue weighted by atomic mass is 10.2. The maximum atomic E-state index is 11.6. The van der Waals surface area contributed by atoms with Crippen molar-refractivity contribution in [3.8, 4) is 0 Å². The molecule has 1 aromatic carbocycles. The van der Waals surface area contributed by atoms with Crippen LogP contribution < -0.4 is 5.32 Å². The maximum absolute atomic E-state index is 11.6. The predicted molar refractivity (Wildman–Crippen MR) is 75.5 cm³/mol. The minimum Gasteiger partial charge on any atom is -0.348 e. The van der Waals surface area contributed by atoms with E-state index in [4.69, 9.17) is 11.6 Å². The molecule has 0 unspecified atom stereocenters. The number of hydrogen-bond donors (Lipinski definition) is 1. The number of carbonyl (C=O) groups excluding carboxylic acids is 1. The minimum absolute atomic E-state index is 0.140. The fourth-order valence-corrected chi connectivity index (χ4v) is 1.68. The van der Waals surface area contributed by atoms with E-state index in [0.717, 1.165) is 11.1 Å². The monoisotopic (exact) mass is 275 g/mol. The predicted octanol–water partition coefficient (Wildman–Crippen LogP) is 2.40. The summed E-state index contributed by atoms with van der Waals surface area (Å²) in [5.74, 6) is -0.140. The number of benzene rings is 1. The van der Waals surface area contributed by atoms with Crippen LogP contribution in [0.25, 0.3) is 6.08 Å². The molecule has 0 spiro atoms. The van der Waals surface area contributed by atoms with Crippen molar-refractivity contribution < 1.29 is 4.79 Å². The van der Waals surface area contributed by atoms with Gasteiger partial charge in [0.15, 0.2) is 0 Å². The summed E-state index contributed by atoms with van der Waals surface area (Å²) in [6.45, 7) is 0.470. The molecule has 0 fully saturated rings. The molecule has 1 heterocycles. The summed E-state index contributed by atoms with van der Waals surface area (Å²) in [5, 5.41) is 7.50. The van der Waals surface area contributed by atoms with Gasteiger partial charge in [-0.25, -0.2) is 0 Å². The summed E-state index contributed by atoms with van der Waals surface area (Å²) in [5.41, 5.74) is 1.90. The Labute approximate surface area is 116 Å². The van der Waals surface area contributed by atoms with Gasteiger partial charge in [0.2, 0.25) is 5.91 Å². The molecule has 1 aromatic heterocycles. The highest BCUT2D eigenvalue weighted by Gasteiger charge is 1.98. The van der Waals surface area contributed by atoms with E-state index in [2.05, 4.69) is 10.4 Å². The van der Waals surface area contributed by atoms with Crippen molar-refractivity contribution in [3.63, 3.8) is 0 Å². The van der Waals surface area contributed by atoms with E-state index in [0.29, 0.717) is 11.6 Å². The van der Waals surface area contributed by atoms with Gasteiger partial charge in [-0.2, -0.15) is 5.10 Å². The van der Waals surface area contributed by atoms with E-state index in [9.17, 15) is 4.79 Å². The lowest BCUT2D eigenvalue weighted by Crippen LogP contribution is -2.19. The molecule has 2 rings (SSSR count). The Kier molecular flexibility index (Phi) is 4.36. The molecule has 98 valence electrons. The van der Waals surface area contributed by atoms with Crippen LogP contribution in [-0.2, 0) is 18.4 Å². The van der Waals surface area contributed by atoms with Crippen molar-refractivity contribution in [1.29, 1.82) is 0 Å². The molecule has 1 amide bonds. The standard InChI is InChI=1S/C14H14ClN3O/c1-18-10-12(9-17-18)8-16-14(19)7-4-11-2-5-13(15)6-3-11/h2-7,9-10H,8H2,1H3,(H,16,19). The number of aromatic nitrogens is 2. The molecule has 2 aromatic rings. The molecule has 5 heteroatoms. The second kappa shape index (κ2) is 6.20. The molecule has 0 aliphatic carbocycles. The van der Waals surface area contributed by atoms with Gasteiger partial charge in [0.05, 0.1) is 6.20 Å². The van der Waals surface area contributed by atoms with Crippen molar-refractivity contribution in [2.24, 2.45) is 7.05 Å². The third-order valence-corrected chi connectivity index (χ3v) is 2.77. The highest BCUT2D eigenvalue weighted by molar-refractivity contribution is 6.30. The third-order valence-electron chi connectivity index (χ3n) is 2.52. The van der Waals surface area contributed by atoms with Gasteiger partial charge in [0, 0.05) is 36.5 Å². The van der Waals surface area contributed by atoms with Gasteiger partial charge >= 0.3 is 0 Å². The van der Waals surface area contributed by atoms with Gasteiger partial charge in [0.1, 0.15) is 0 Å². The quantitative estimate of drug-likeness (QED) is 0.871. The second-order valence-electron chi connectivity index (χ2n) is 4.12. The van der Waals surface area contributed by atoms with Crippen LogP contribution in [0.4, 0.5) is 0 Å². The number of halogens is 1. The van der Waals surface area contributed by atoms with Crippen molar-refractivity contribution in [3.05, 3.63) is 58.9 Å². The number of nitrogens with one attached hydrogen (secondary N) is 1. The molecule has 1 N–H and O–H groups in total. The lowest BCUT2D eigenvalue weighted by molar-refractivity contribution is -0.116. The Hall–Kier alpha value is -2.07. The fourth-order valence-electron chi connectivity index (χ4n) is 1.56. The van der Waals surface area contributed by atoms with Gasteiger partial charge in [-0.1, -0.05) is 23.7 Å². The summed E-state index contributed by atoms with van der Waals surface area (Å²) >= 11 is 5.78. The first-order chi connectivity index (χ1) is 9.13. The Morgan fingerprint density at radius 3 is 2.79 bits per heavy atom. The van der Waals surface area contributed by atoms with Crippen molar-refractivity contribution in [1.82, 2.24) is 15.1 Å². The summed E-state index contributed by atoms with van der Waals surface area (Å²) in [4.78, 5) is 11.6. The van der Waals surface area contributed by atoms with E-state index in [-0.39, 0.29) is 5.91 Å². The molecular weight excluding hydrogens is 262 g/mol. The Morgan fingerprint density at radius 2 is 2.16 bits per heavy atom. The molecule has 0 saturated heterocycles. The Morgan fingerprint density at radius 1 is 1.42 bits per heavy atom. The zero-order valence-corrected chi connectivity index (χ0v) is 11.3. The highest BCUT2D eigenvalue weighted by atomic mass is 35.5. The number of hydrogen-bond acceptors (Lipinski definition) is 2. The number of amides is 1. The number of carbonyl (C=O) groups is 1. The molecular formula is C14H14ClN3O. The molecule has 0 aliphatic rings. The fraction of sp³-hybridized carbons (Fsp3) is 0.143. The zero-order valence-electron chi connectivity index (χ0n) is 10.5. The van der Waals surface area contributed by atoms with Crippen LogP contribution in [0.1, 0.15) is 11.1 Å². The maximum Gasteiger partial charge on any atom is 0.244 e. The second-order valence-corrected chi connectivity index (χ2v) is 4.56. The topological polar surface area (TPSA) is 46.9 Å². The smallest absolute Gasteiger partial charge is 0.244 e. The summed E-state index contributed by atoms with van der Waals surface area (Å²) < 4.78 is 1.70. The van der Waals surface area contributed by atoms with Gasteiger partial charge in [-0.05, 0) is 23.8 Å². The molecule has 0 radical (unpaired) electrons. The minimum atomic E-state index is -0.140. The van der Waals surface area contributed by atoms with E-state index >= 15 is 0 Å². The molecule has 0 bridgehead atoms. The summed E-state index contributed by atoms with van der Waals surface area (Å²) in [6, 6.07) is 7.28. The first kappa shape index (κ1) is 13.4. The van der Waals surface area contributed by atoms with Crippen LogP contribution in [0.2, 0.25) is 5.02 Å².